The second-order valence-electron chi connectivity index (χ2n) is 7.20. The van der Waals surface area contributed by atoms with E-state index in [-0.39, 0.29) is 12.3 Å². The minimum absolute atomic E-state index is 0.145. The van der Waals surface area contributed by atoms with Gasteiger partial charge in [0, 0.05) is 30.6 Å². The number of amides is 2. The van der Waals surface area contributed by atoms with E-state index >= 15 is 0 Å². The lowest BCUT2D eigenvalue weighted by atomic mass is 10.1. The van der Waals surface area contributed by atoms with Gasteiger partial charge in [0.15, 0.2) is 0 Å². The van der Waals surface area contributed by atoms with Crippen LogP contribution in [0.4, 0.5) is 10.5 Å². The van der Waals surface area contributed by atoms with Crippen LogP contribution in [-0.2, 0) is 16.0 Å². The minimum atomic E-state index is -0.964. The van der Waals surface area contributed by atoms with Crippen LogP contribution in [0.5, 0.6) is 0 Å². The Bertz CT molecular complexity index is 1180. The van der Waals surface area contributed by atoms with Crippen molar-refractivity contribution >= 4 is 40.2 Å². The number of nitrogens with one attached hydrogen (secondary N) is 2. The fourth-order valence-corrected chi connectivity index (χ4v) is 3.41. The summed E-state index contributed by atoms with van der Waals surface area (Å²) in [6.07, 6.45) is 1.82. The van der Waals surface area contributed by atoms with Crippen LogP contribution in [0, 0.1) is 0 Å². The van der Waals surface area contributed by atoms with Crippen molar-refractivity contribution in [2.45, 2.75) is 26.3 Å². The zero-order chi connectivity index (χ0) is 23.3. The number of hydrogen-bond acceptors (Lipinski definition) is 6. The number of oxime groups is 1. The van der Waals surface area contributed by atoms with Crippen LogP contribution >= 0.6 is 0 Å². The predicted octanol–water partition coefficient (Wildman–Crippen LogP) is 3.41. The van der Waals surface area contributed by atoms with Crippen molar-refractivity contribution in [1.82, 2.24) is 9.88 Å². The number of urea groups is 1. The monoisotopic (exact) mass is 436 g/mol. The lowest BCUT2D eigenvalue weighted by molar-refractivity contribution is -0.142. The molecule has 0 fully saturated rings. The molecule has 0 saturated heterocycles. The largest absolute Gasteiger partial charge is 0.467 e. The van der Waals surface area contributed by atoms with Crippen LogP contribution in [0.2, 0.25) is 0 Å². The molecular formula is C23H24N4O5. The summed E-state index contributed by atoms with van der Waals surface area (Å²) in [5.74, 6) is -0.761. The lowest BCUT2D eigenvalue weighted by Gasteiger charge is -2.17. The van der Waals surface area contributed by atoms with Crippen molar-refractivity contribution in [3.8, 4) is 0 Å². The highest BCUT2D eigenvalue weighted by molar-refractivity contribution is 5.99. The molecule has 0 aliphatic carbocycles. The van der Waals surface area contributed by atoms with E-state index < -0.39 is 18.0 Å². The zero-order valence-corrected chi connectivity index (χ0v) is 18.0. The molecule has 0 aliphatic heterocycles. The van der Waals surface area contributed by atoms with Gasteiger partial charge in [-0.05, 0) is 36.2 Å². The molecule has 1 unspecified atom stereocenters. The minimum Gasteiger partial charge on any atom is -0.467 e. The fraction of sp³-hybridized carbons (Fsp3) is 0.217. The molecule has 3 rings (SSSR count). The van der Waals surface area contributed by atoms with E-state index in [1.165, 1.54) is 18.6 Å². The molecule has 0 spiro atoms. The van der Waals surface area contributed by atoms with Crippen LogP contribution in [0.25, 0.3) is 10.9 Å². The number of hydrogen-bond donors (Lipinski definition) is 3. The van der Waals surface area contributed by atoms with E-state index in [1.54, 1.807) is 37.4 Å². The van der Waals surface area contributed by atoms with Crippen LogP contribution < -0.4 is 10.6 Å². The van der Waals surface area contributed by atoms with Crippen LogP contribution in [0.1, 0.15) is 29.8 Å². The van der Waals surface area contributed by atoms with Crippen LogP contribution in [0.3, 0.4) is 0 Å². The number of anilines is 1. The number of para-hydroxylation sites is 1. The maximum atomic E-state index is 12.5. The molecule has 9 heteroatoms. The molecule has 3 aromatic rings. The third-order valence-corrected chi connectivity index (χ3v) is 5.06. The molecule has 0 bridgehead atoms. The number of rotatable bonds is 6. The summed E-state index contributed by atoms with van der Waals surface area (Å²) in [6, 6.07) is 12.5. The van der Waals surface area contributed by atoms with Crippen LogP contribution in [-0.4, -0.2) is 46.5 Å². The molecule has 3 N–H and O–H groups in total. The summed E-state index contributed by atoms with van der Waals surface area (Å²) >= 11 is 0. The average molecular weight is 436 g/mol. The Hall–Kier alpha value is -4.14. The van der Waals surface area contributed by atoms with Crippen molar-refractivity contribution in [2.75, 3.05) is 12.4 Å². The lowest BCUT2D eigenvalue weighted by Crippen LogP contribution is -2.45. The van der Waals surface area contributed by atoms with Crippen LogP contribution in [0.15, 0.2) is 59.9 Å². The number of methoxy groups -OCH3 is 1. The summed E-state index contributed by atoms with van der Waals surface area (Å²) in [5, 5.41) is 18.1. The van der Waals surface area contributed by atoms with Gasteiger partial charge in [0.05, 0.1) is 18.3 Å². The molecule has 1 aromatic heterocycles. The Kier molecular flexibility index (Phi) is 6.89. The molecule has 166 valence electrons. The molecule has 2 amide bonds. The van der Waals surface area contributed by atoms with Crippen molar-refractivity contribution in [1.29, 1.82) is 0 Å². The Labute approximate surface area is 184 Å². The van der Waals surface area contributed by atoms with Gasteiger partial charge in [-0.25, -0.2) is 9.59 Å². The number of nitrogens with zero attached hydrogens (tertiary/aromatic N) is 2. The summed E-state index contributed by atoms with van der Waals surface area (Å²) < 4.78 is 6.38. The third kappa shape index (κ3) is 4.94. The quantitative estimate of drug-likeness (QED) is 0.237. The Morgan fingerprint density at radius 3 is 2.41 bits per heavy atom. The summed E-state index contributed by atoms with van der Waals surface area (Å²) in [6.45, 7) is 3.11. The first-order chi connectivity index (χ1) is 15.3. The summed E-state index contributed by atoms with van der Waals surface area (Å²) in [7, 11) is 1.25. The van der Waals surface area contributed by atoms with E-state index in [0.717, 1.165) is 16.5 Å². The first-order valence-electron chi connectivity index (χ1n) is 9.88. The van der Waals surface area contributed by atoms with Crippen molar-refractivity contribution in [2.24, 2.45) is 5.16 Å². The Morgan fingerprint density at radius 1 is 1.09 bits per heavy atom. The number of benzene rings is 2. The maximum absolute atomic E-state index is 12.5. The van der Waals surface area contributed by atoms with Gasteiger partial charge >= 0.3 is 12.0 Å². The van der Waals surface area contributed by atoms with E-state index in [2.05, 4.69) is 15.8 Å². The topological polar surface area (TPSA) is 122 Å². The first kappa shape index (κ1) is 22.5. The maximum Gasteiger partial charge on any atom is 0.328 e. The number of esters is 1. The Morgan fingerprint density at radius 2 is 1.78 bits per heavy atom. The predicted molar refractivity (Wildman–Crippen MR) is 120 cm³/mol. The van der Waals surface area contributed by atoms with E-state index in [4.69, 9.17) is 9.94 Å². The first-order valence-corrected chi connectivity index (χ1v) is 9.88. The van der Waals surface area contributed by atoms with Crippen molar-refractivity contribution < 1.29 is 24.3 Å². The van der Waals surface area contributed by atoms with E-state index in [0.29, 0.717) is 17.0 Å². The zero-order valence-electron chi connectivity index (χ0n) is 18.0. The standard InChI is InChI=1S/C23H24N4O5/c1-14(26-31)16-8-10-18(11-9-16)24-23(30)25-20(22(29)32-3)12-17-13-27(15(2)28)21-7-5-4-6-19(17)21/h4-11,13,20,31H,12H2,1-3H3,(H2,24,25,30)/b26-14+. The molecule has 0 radical (unpaired) electrons. The molecular weight excluding hydrogens is 412 g/mol. The number of fused-ring (bicyclic) bond motifs is 1. The van der Waals surface area contributed by atoms with Gasteiger partial charge in [-0.3, -0.25) is 9.36 Å². The van der Waals surface area contributed by atoms with E-state index in [9.17, 15) is 14.4 Å². The van der Waals surface area contributed by atoms with Crippen molar-refractivity contribution in [3.05, 3.63) is 65.9 Å². The SMILES string of the molecule is COC(=O)C(Cc1cn(C(C)=O)c2ccccc12)NC(=O)Nc1ccc(/C(C)=N/O)cc1. The highest BCUT2D eigenvalue weighted by Crippen LogP contribution is 2.23. The second-order valence-corrected chi connectivity index (χ2v) is 7.20. The van der Waals surface area contributed by atoms with E-state index in [1.807, 2.05) is 24.3 Å². The van der Waals surface area contributed by atoms with Gasteiger partial charge in [0.25, 0.3) is 0 Å². The summed E-state index contributed by atoms with van der Waals surface area (Å²) in [5.41, 5.74) is 3.09. The molecule has 2 aromatic carbocycles. The molecule has 0 aliphatic rings. The van der Waals surface area contributed by atoms with Gasteiger partial charge in [-0.1, -0.05) is 35.5 Å². The number of carbonyl (C=O) groups excluding carboxylic acids is 3. The molecule has 32 heavy (non-hydrogen) atoms. The highest BCUT2D eigenvalue weighted by Gasteiger charge is 2.24. The Balaban J connectivity index is 1.78. The smallest absolute Gasteiger partial charge is 0.328 e. The summed E-state index contributed by atoms with van der Waals surface area (Å²) in [4.78, 5) is 36.9. The number of ether oxygens (including phenoxy) is 1. The van der Waals surface area contributed by atoms with Gasteiger partial charge < -0.3 is 20.6 Å². The van der Waals surface area contributed by atoms with Gasteiger partial charge in [-0.15, -0.1) is 0 Å². The fourth-order valence-electron chi connectivity index (χ4n) is 3.41. The number of aromatic nitrogens is 1. The molecule has 1 heterocycles. The average Bonchev–Trinajstić information content (AvgIpc) is 3.17. The van der Waals surface area contributed by atoms with Gasteiger partial charge in [-0.2, -0.15) is 0 Å². The normalized spacial score (nSPS) is 12.3. The third-order valence-electron chi connectivity index (χ3n) is 5.06. The molecule has 0 saturated carbocycles. The molecule has 9 nitrogen and oxygen atoms in total. The highest BCUT2D eigenvalue weighted by atomic mass is 16.5. The molecule has 1 atom stereocenters. The second kappa shape index (κ2) is 9.78. The van der Waals surface area contributed by atoms with Crippen molar-refractivity contribution in [3.63, 3.8) is 0 Å². The van der Waals surface area contributed by atoms with Gasteiger partial charge in [0.1, 0.15) is 6.04 Å². The van der Waals surface area contributed by atoms with Gasteiger partial charge in [0.2, 0.25) is 5.91 Å². The number of carbonyl (C=O) groups is 3.